The number of nitriles is 1. The summed E-state index contributed by atoms with van der Waals surface area (Å²) in [5, 5.41) is 8.82. The number of ether oxygens (including phenoxy) is 2. The molecule has 0 spiro atoms. The molecule has 2 atom stereocenters. The summed E-state index contributed by atoms with van der Waals surface area (Å²) in [7, 11) is 1.67. The minimum Gasteiger partial charge on any atom is -0.497 e. The van der Waals surface area contributed by atoms with E-state index in [1.165, 1.54) is 11.8 Å². The number of rotatable bonds is 7. The number of methoxy groups -OCH3 is 1. The molecule has 2 unspecified atom stereocenters. The molecule has 2 heterocycles. The van der Waals surface area contributed by atoms with Crippen LogP contribution < -0.4 is 15.2 Å². The van der Waals surface area contributed by atoms with Crippen molar-refractivity contribution in [1.82, 2.24) is 9.88 Å². The molecule has 1 aliphatic heterocycles. The van der Waals surface area contributed by atoms with Crippen LogP contribution in [0, 0.1) is 11.3 Å². The molecule has 6 nitrogen and oxygen atoms in total. The highest BCUT2D eigenvalue weighted by Crippen LogP contribution is 2.23. The molecule has 0 amide bonds. The molecule has 3 rings (SSSR count). The zero-order valence-corrected chi connectivity index (χ0v) is 15.0. The Kier molecular flexibility index (Phi) is 6.05. The summed E-state index contributed by atoms with van der Waals surface area (Å²) in [6.45, 7) is 3.34. The summed E-state index contributed by atoms with van der Waals surface area (Å²) in [6.07, 6.45) is 2.61. The molecular formula is C20H24N4O2. The normalized spacial score (nSPS) is 18.3. The highest BCUT2D eigenvalue weighted by Gasteiger charge is 2.26. The molecule has 1 saturated heterocycles. The monoisotopic (exact) mass is 352 g/mol. The first-order chi connectivity index (χ1) is 12.7. The summed E-state index contributed by atoms with van der Waals surface area (Å²) < 4.78 is 11.2. The maximum Gasteiger partial charge on any atom is 0.213 e. The zero-order chi connectivity index (χ0) is 18.4. The van der Waals surface area contributed by atoms with Crippen LogP contribution in [0.15, 0.2) is 42.6 Å². The fourth-order valence-corrected chi connectivity index (χ4v) is 3.25. The molecule has 1 fully saturated rings. The number of aromatic nitrogens is 1. The van der Waals surface area contributed by atoms with Gasteiger partial charge in [-0.05, 0) is 30.2 Å². The maximum absolute atomic E-state index is 8.82. The van der Waals surface area contributed by atoms with Gasteiger partial charge in [0.25, 0.3) is 0 Å². The van der Waals surface area contributed by atoms with Crippen LogP contribution in [0.3, 0.4) is 0 Å². The first-order valence-corrected chi connectivity index (χ1v) is 8.81. The van der Waals surface area contributed by atoms with Gasteiger partial charge < -0.3 is 15.2 Å². The Balaban J connectivity index is 1.54. The Bertz CT molecular complexity index is 740. The van der Waals surface area contributed by atoms with Gasteiger partial charge in [-0.2, -0.15) is 5.26 Å². The summed E-state index contributed by atoms with van der Waals surface area (Å²) in [5.74, 6) is 1.71. The van der Waals surface area contributed by atoms with Gasteiger partial charge in [-0.25, -0.2) is 4.98 Å². The lowest BCUT2D eigenvalue weighted by atomic mass is 9.98. The van der Waals surface area contributed by atoms with Gasteiger partial charge in [0.15, 0.2) is 0 Å². The maximum atomic E-state index is 8.82. The fraction of sp³-hybridized carbons (Fsp3) is 0.400. The molecule has 1 aromatic heterocycles. The second-order valence-electron chi connectivity index (χ2n) is 6.49. The number of nitrogens with two attached hydrogens (primary N) is 1. The van der Waals surface area contributed by atoms with Gasteiger partial charge in [-0.1, -0.05) is 12.1 Å². The smallest absolute Gasteiger partial charge is 0.213 e. The van der Waals surface area contributed by atoms with Crippen molar-refractivity contribution in [1.29, 1.82) is 5.26 Å². The summed E-state index contributed by atoms with van der Waals surface area (Å²) >= 11 is 0. The van der Waals surface area contributed by atoms with Crippen LogP contribution in [0.4, 0.5) is 0 Å². The first kappa shape index (κ1) is 18.2. The van der Waals surface area contributed by atoms with Crippen molar-refractivity contribution in [3.63, 3.8) is 0 Å². The molecule has 6 heteroatoms. The van der Waals surface area contributed by atoms with Gasteiger partial charge >= 0.3 is 0 Å². The lowest BCUT2D eigenvalue weighted by molar-refractivity contribution is 0.190. The third-order valence-corrected chi connectivity index (χ3v) is 4.73. The van der Waals surface area contributed by atoms with Crippen LogP contribution in [-0.2, 0) is 0 Å². The molecule has 1 aromatic carbocycles. The topological polar surface area (TPSA) is 84.4 Å². The van der Waals surface area contributed by atoms with E-state index in [1.807, 2.05) is 12.1 Å². The van der Waals surface area contributed by atoms with Gasteiger partial charge in [-0.3, -0.25) is 4.90 Å². The molecule has 26 heavy (non-hydrogen) atoms. The largest absolute Gasteiger partial charge is 0.497 e. The van der Waals surface area contributed by atoms with Crippen LogP contribution in [-0.4, -0.2) is 49.3 Å². The number of hydrogen-bond donors (Lipinski definition) is 1. The fourth-order valence-electron chi connectivity index (χ4n) is 3.25. The van der Waals surface area contributed by atoms with E-state index in [9.17, 15) is 0 Å². The van der Waals surface area contributed by atoms with Gasteiger partial charge in [0, 0.05) is 44.4 Å². The Hall–Kier alpha value is -2.62. The van der Waals surface area contributed by atoms with E-state index in [2.05, 4.69) is 28.1 Å². The van der Waals surface area contributed by atoms with E-state index in [1.54, 1.807) is 19.2 Å². The number of likely N-dealkylation sites (tertiary alicyclic amines) is 1. The van der Waals surface area contributed by atoms with Gasteiger partial charge in [0.1, 0.15) is 17.9 Å². The van der Waals surface area contributed by atoms with Gasteiger partial charge in [-0.15, -0.1) is 0 Å². The number of hydrogen-bond acceptors (Lipinski definition) is 6. The number of pyridine rings is 1. The van der Waals surface area contributed by atoms with Crippen molar-refractivity contribution < 1.29 is 9.47 Å². The second-order valence-corrected chi connectivity index (χ2v) is 6.49. The van der Waals surface area contributed by atoms with Crippen molar-refractivity contribution in [3.05, 3.63) is 53.7 Å². The van der Waals surface area contributed by atoms with E-state index in [4.69, 9.17) is 20.5 Å². The van der Waals surface area contributed by atoms with E-state index >= 15 is 0 Å². The van der Waals surface area contributed by atoms with Crippen LogP contribution in [0.1, 0.15) is 23.5 Å². The third kappa shape index (κ3) is 4.51. The van der Waals surface area contributed by atoms with Crippen LogP contribution >= 0.6 is 0 Å². The highest BCUT2D eigenvalue weighted by atomic mass is 16.5. The predicted octanol–water partition coefficient (Wildman–Crippen LogP) is 2.16. The van der Waals surface area contributed by atoms with Gasteiger partial charge in [0.05, 0.1) is 12.7 Å². The van der Waals surface area contributed by atoms with Crippen molar-refractivity contribution >= 4 is 0 Å². The van der Waals surface area contributed by atoms with Crippen molar-refractivity contribution in [2.24, 2.45) is 5.73 Å². The Morgan fingerprint density at radius 2 is 2.12 bits per heavy atom. The van der Waals surface area contributed by atoms with Crippen molar-refractivity contribution in [2.75, 3.05) is 33.3 Å². The molecular weight excluding hydrogens is 328 g/mol. The molecule has 0 aliphatic carbocycles. The molecule has 0 bridgehead atoms. The average Bonchev–Trinajstić information content (AvgIpc) is 3.14. The molecule has 136 valence electrons. The minimum absolute atomic E-state index is 0.115. The minimum atomic E-state index is 0.115. The zero-order valence-electron chi connectivity index (χ0n) is 15.0. The Morgan fingerprint density at radius 3 is 2.73 bits per heavy atom. The number of benzene rings is 1. The van der Waals surface area contributed by atoms with Gasteiger partial charge in [0.2, 0.25) is 5.88 Å². The quantitative estimate of drug-likeness (QED) is 0.822. The second kappa shape index (κ2) is 8.65. The van der Waals surface area contributed by atoms with Crippen molar-refractivity contribution in [3.8, 4) is 17.7 Å². The highest BCUT2D eigenvalue weighted by molar-refractivity contribution is 5.30. The molecule has 0 radical (unpaired) electrons. The molecule has 1 aliphatic rings. The lowest BCUT2D eigenvalue weighted by Crippen LogP contribution is -2.31. The van der Waals surface area contributed by atoms with E-state index in [-0.39, 0.29) is 12.0 Å². The van der Waals surface area contributed by atoms with Crippen molar-refractivity contribution in [2.45, 2.75) is 18.4 Å². The standard InChI is InChI=1S/C20H24N4O2/c1-25-18-5-3-16(4-6-18)17(11-22)13-24-9-8-19(14-24)26-20-7-2-15(10-21)12-23-20/h2-7,12,17,19H,8-9,11,13-14,22H2,1H3. The van der Waals surface area contributed by atoms with E-state index in [0.717, 1.165) is 31.8 Å². The molecule has 2 N–H and O–H groups in total. The van der Waals surface area contributed by atoms with E-state index < -0.39 is 0 Å². The predicted molar refractivity (Wildman–Crippen MR) is 99.2 cm³/mol. The van der Waals surface area contributed by atoms with Crippen LogP contribution in [0.5, 0.6) is 11.6 Å². The van der Waals surface area contributed by atoms with Crippen LogP contribution in [0.2, 0.25) is 0 Å². The third-order valence-electron chi connectivity index (χ3n) is 4.73. The molecule has 0 saturated carbocycles. The average molecular weight is 352 g/mol. The lowest BCUT2D eigenvalue weighted by Gasteiger charge is -2.23. The summed E-state index contributed by atoms with van der Waals surface area (Å²) in [5.41, 5.74) is 7.78. The summed E-state index contributed by atoms with van der Waals surface area (Å²) in [6, 6.07) is 13.7. The summed E-state index contributed by atoms with van der Waals surface area (Å²) in [4.78, 5) is 6.57. The van der Waals surface area contributed by atoms with Crippen LogP contribution in [0.25, 0.3) is 0 Å². The Morgan fingerprint density at radius 1 is 1.31 bits per heavy atom. The Labute approximate surface area is 154 Å². The number of nitrogens with zero attached hydrogens (tertiary/aromatic N) is 3. The first-order valence-electron chi connectivity index (χ1n) is 8.81. The SMILES string of the molecule is COc1ccc(C(CN)CN2CCC(Oc3ccc(C#N)cn3)C2)cc1. The molecule has 2 aromatic rings. The van der Waals surface area contributed by atoms with E-state index in [0.29, 0.717) is 18.0 Å².